The van der Waals surface area contributed by atoms with Gasteiger partial charge in [-0.15, -0.1) is 0 Å². The Morgan fingerprint density at radius 2 is 1.94 bits per heavy atom. The van der Waals surface area contributed by atoms with Crippen LogP contribution >= 0.6 is 0 Å². The van der Waals surface area contributed by atoms with Gasteiger partial charge in [0.2, 0.25) is 0 Å². The third-order valence-electron chi connectivity index (χ3n) is 7.81. The number of hydrogen-bond acceptors (Lipinski definition) is 8. The van der Waals surface area contributed by atoms with Crippen LogP contribution in [0.4, 0.5) is 0 Å². The number of cyclic esters (lactones) is 1. The van der Waals surface area contributed by atoms with Gasteiger partial charge in [0.05, 0.1) is 31.5 Å². The van der Waals surface area contributed by atoms with Crippen molar-refractivity contribution in [3.63, 3.8) is 0 Å². The van der Waals surface area contributed by atoms with Crippen molar-refractivity contribution in [1.82, 2.24) is 0 Å². The molecule has 8 heteroatoms. The van der Waals surface area contributed by atoms with E-state index in [0.717, 1.165) is 5.56 Å². The minimum atomic E-state index is -1.04. The lowest BCUT2D eigenvalue weighted by atomic mass is 9.43. The molecule has 31 heavy (non-hydrogen) atoms. The molecule has 1 aliphatic heterocycles. The highest BCUT2D eigenvalue weighted by atomic mass is 16.6. The number of esters is 3. The highest BCUT2D eigenvalue weighted by Gasteiger charge is 2.67. The molecule has 0 aromatic carbocycles. The molecule has 0 spiro atoms. The van der Waals surface area contributed by atoms with Crippen LogP contribution in [0.25, 0.3) is 0 Å². The van der Waals surface area contributed by atoms with Gasteiger partial charge < -0.3 is 18.6 Å². The average molecular weight is 432 g/mol. The highest BCUT2D eigenvalue weighted by molar-refractivity contribution is 5.93. The number of ether oxygens (including phenoxy) is 3. The number of rotatable bonds is 3. The van der Waals surface area contributed by atoms with Gasteiger partial charge in [-0.25, -0.2) is 0 Å². The van der Waals surface area contributed by atoms with E-state index in [9.17, 15) is 19.2 Å². The quantitative estimate of drug-likeness (QED) is 0.530. The third kappa shape index (κ3) is 3.27. The molecule has 2 saturated carbocycles. The zero-order chi connectivity index (χ0) is 22.6. The van der Waals surface area contributed by atoms with E-state index in [-0.39, 0.29) is 18.2 Å². The fourth-order valence-corrected chi connectivity index (χ4v) is 6.46. The Morgan fingerprint density at radius 1 is 1.19 bits per heavy atom. The van der Waals surface area contributed by atoms with Crippen LogP contribution < -0.4 is 0 Å². The molecule has 2 heterocycles. The lowest BCUT2D eigenvalue weighted by Gasteiger charge is -2.60. The average Bonchev–Trinajstić information content (AvgIpc) is 3.23. The molecule has 0 bridgehead atoms. The van der Waals surface area contributed by atoms with E-state index in [1.807, 2.05) is 13.8 Å². The first-order chi connectivity index (χ1) is 14.6. The second-order valence-corrected chi connectivity index (χ2v) is 9.53. The van der Waals surface area contributed by atoms with Crippen LogP contribution in [0.5, 0.6) is 0 Å². The van der Waals surface area contributed by atoms with Gasteiger partial charge in [-0.2, -0.15) is 0 Å². The topological polar surface area (TPSA) is 109 Å². The van der Waals surface area contributed by atoms with Crippen molar-refractivity contribution in [3.05, 3.63) is 24.2 Å². The summed E-state index contributed by atoms with van der Waals surface area (Å²) >= 11 is 0. The summed E-state index contributed by atoms with van der Waals surface area (Å²) in [5, 5.41) is 0. The molecule has 2 aliphatic carbocycles. The molecule has 168 valence electrons. The van der Waals surface area contributed by atoms with Gasteiger partial charge in [0.15, 0.2) is 11.9 Å². The summed E-state index contributed by atoms with van der Waals surface area (Å²) in [6.07, 6.45) is 2.98. The zero-order valence-corrected chi connectivity index (χ0v) is 18.2. The Balaban J connectivity index is 1.80. The van der Waals surface area contributed by atoms with Crippen LogP contribution in [0, 0.1) is 28.6 Å². The molecule has 4 rings (SSSR count). The summed E-state index contributed by atoms with van der Waals surface area (Å²) in [4.78, 5) is 51.2. The molecule has 1 saturated heterocycles. The molecule has 0 amide bonds. The van der Waals surface area contributed by atoms with E-state index >= 15 is 0 Å². The lowest BCUT2D eigenvalue weighted by Crippen LogP contribution is -2.64. The molecule has 8 nitrogen and oxygen atoms in total. The fraction of sp³-hybridized carbons (Fsp3) is 0.652. The van der Waals surface area contributed by atoms with Crippen molar-refractivity contribution >= 4 is 23.7 Å². The van der Waals surface area contributed by atoms with Gasteiger partial charge in [0.25, 0.3) is 0 Å². The van der Waals surface area contributed by atoms with Gasteiger partial charge in [0, 0.05) is 24.8 Å². The summed E-state index contributed by atoms with van der Waals surface area (Å²) in [5.41, 5.74) is -0.763. The number of methoxy groups -OCH3 is 1. The molecular weight excluding hydrogens is 404 g/mol. The number of hydrogen-bond donors (Lipinski definition) is 0. The Morgan fingerprint density at radius 3 is 2.55 bits per heavy atom. The monoisotopic (exact) mass is 432 g/mol. The maximum atomic E-state index is 13.7. The minimum absolute atomic E-state index is 0.0917. The van der Waals surface area contributed by atoms with Gasteiger partial charge in [-0.3, -0.25) is 19.2 Å². The molecule has 0 radical (unpaired) electrons. The second kappa shape index (κ2) is 7.50. The van der Waals surface area contributed by atoms with Crippen LogP contribution in [0.3, 0.4) is 0 Å². The Kier molecular flexibility index (Phi) is 5.22. The van der Waals surface area contributed by atoms with Crippen LogP contribution in [0.1, 0.15) is 58.1 Å². The van der Waals surface area contributed by atoms with E-state index in [2.05, 4.69) is 0 Å². The van der Waals surface area contributed by atoms with E-state index in [4.69, 9.17) is 18.6 Å². The van der Waals surface area contributed by atoms with Crippen molar-refractivity contribution < 1.29 is 37.8 Å². The number of carbonyl (C=O) groups excluding carboxylic acids is 4. The first-order valence-electron chi connectivity index (χ1n) is 10.6. The third-order valence-corrected chi connectivity index (χ3v) is 7.81. The SMILES string of the molecule is COC(=O)[C@@H]1CC(OC(C)=O)C(=O)C2[C@@]3(C)C[C@@H](c4ccoc4)OC(=O)C3CC[C@]21C. The number of Topliss-reactive ketones (excluding diaryl/α,β-unsaturated/α-hetero) is 1. The van der Waals surface area contributed by atoms with Crippen LogP contribution in [-0.4, -0.2) is 36.9 Å². The Labute approximate surface area is 180 Å². The summed E-state index contributed by atoms with van der Waals surface area (Å²) in [5.74, 6) is -3.35. The summed E-state index contributed by atoms with van der Waals surface area (Å²) in [6.45, 7) is 5.09. The van der Waals surface area contributed by atoms with Gasteiger partial charge >= 0.3 is 17.9 Å². The summed E-state index contributed by atoms with van der Waals surface area (Å²) in [6, 6.07) is 1.74. The largest absolute Gasteiger partial charge is 0.472 e. The fourth-order valence-electron chi connectivity index (χ4n) is 6.46. The number of carbonyl (C=O) groups is 4. The van der Waals surface area contributed by atoms with E-state index in [0.29, 0.717) is 19.3 Å². The number of ketones is 1. The molecule has 7 atom stereocenters. The smallest absolute Gasteiger partial charge is 0.310 e. The van der Waals surface area contributed by atoms with E-state index < -0.39 is 52.7 Å². The normalized spacial score (nSPS) is 39.7. The molecular formula is C23H28O8. The van der Waals surface area contributed by atoms with Crippen molar-refractivity contribution in [1.29, 1.82) is 0 Å². The maximum absolute atomic E-state index is 13.7. The predicted octanol–water partition coefficient (Wildman–Crippen LogP) is 3.00. The van der Waals surface area contributed by atoms with Crippen molar-refractivity contribution in [2.24, 2.45) is 28.6 Å². The molecule has 1 aromatic rings. The van der Waals surface area contributed by atoms with Crippen molar-refractivity contribution in [2.45, 2.75) is 58.7 Å². The Hall–Kier alpha value is -2.64. The van der Waals surface area contributed by atoms with Gasteiger partial charge in [-0.05, 0) is 36.2 Å². The first-order valence-corrected chi connectivity index (χ1v) is 10.6. The van der Waals surface area contributed by atoms with Crippen molar-refractivity contribution in [3.8, 4) is 0 Å². The van der Waals surface area contributed by atoms with Gasteiger partial charge in [-0.1, -0.05) is 13.8 Å². The summed E-state index contributed by atoms with van der Waals surface area (Å²) < 4.78 is 21.3. The highest BCUT2D eigenvalue weighted by Crippen LogP contribution is 2.65. The number of fused-ring (bicyclic) bond motifs is 3. The molecule has 1 aromatic heterocycles. The summed E-state index contributed by atoms with van der Waals surface area (Å²) in [7, 11) is 1.32. The first kappa shape index (κ1) is 21.6. The number of furan rings is 1. The van der Waals surface area contributed by atoms with Crippen LogP contribution in [-0.2, 0) is 33.4 Å². The van der Waals surface area contributed by atoms with Gasteiger partial charge in [0.1, 0.15) is 6.10 Å². The molecule has 3 unspecified atom stereocenters. The minimum Gasteiger partial charge on any atom is -0.472 e. The van der Waals surface area contributed by atoms with Crippen LogP contribution in [0.15, 0.2) is 23.0 Å². The molecule has 0 N–H and O–H groups in total. The molecule has 3 aliphatic rings. The Bertz CT molecular complexity index is 905. The predicted molar refractivity (Wildman–Crippen MR) is 105 cm³/mol. The second-order valence-electron chi connectivity index (χ2n) is 9.53. The van der Waals surface area contributed by atoms with Crippen LogP contribution in [0.2, 0.25) is 0 Å². The zero-order valence-electron chi connectivity index (χ0n) is 18.2. The maximum Gasteiger partial charge on any atom is 0.310 e. The standard InChI is InChI=1S/C23H28O8/c1-12(24)30-16-9-15(20(26)28-4)22(2)7-5-14-21(27)31-17(13-6-8-29-11-13)10-23(14,3)19(22)18(16)25/h6,8,11,14-17,19H,5,7,9-10H2,1-4H3/t14?,15-,16?,17-,19?,22-,23-/m0/s1. The van der Waals surface area contributed by atoms with E-state index in [1.165, 1.54) is 26.6 Å². The molecule has 3 fully saturated rings. The van der Waals surface area contributed by atoms with Crippen molar-refractivity contribution in [2.75, 3.05) is 7.11 Å². The lowest BCUT2D eigenvalue weighted by molar-refractivity contribution is -0.210. The van der Waals surface area contributed by atoms with E-state index in [1.54, 1.807) is 6.07 Å².